The van der Waals surface area contributed by atoms with Crippen LogP contribution in [-0.4, -0.2) is 59.9 Å². The number of nitrogens with zero attached hydrogens (tertiary/aromatic N) is 5. The number of amides is 1. The Balaban J connectivity index is 1.35. The lowest BCUT2D eigenvalue weighted by Crippen LogP contribution is -2.53. The number of aromatic nitrogens is 4. The van der Waals surface area contributed by atoms with Gasteiger partial charge in [0, 0.05) is 32.0 Å². The number of fused-ring (bicyclic) bond motifs is 1. The van der Waals surface area contributed by atoms with Crippen molar-refractivity contribution in [1.29, 1.82) is 0 Å². The second-order valence-electron chi connectivity index (χ2n) is 6.35. The number of hydrogen-bond donors (Lipinski definition) is 2. The van der Waals surface area contributed by atoms with Crippen molar-refractivity contribution < 1.29 is 9.90 Å². The summed E-state index contributed by atoms with van der Waals surface area (Å²) in [4.78, 5) is 22.2. The van der Waals surface area contributed by atoms with E-state index in [0.717, 1.165) is 29.7 Å². The van der Waals surface area contributed by atoms with E-state index in [1.165, 1.54) is 30.3 Å². The highest BCUT2D eigenvalue weighted by Gasteiger charge is 2.29. The molecule has 1 aliphatic heterocycles. The molecule has 1 amide bonds. The van der Waals surface area contributed by atoms with Gasteiger partial charge in [-0.25, -0.2) is 4.98 Å². The van der Waals surface area contributed by atoms with Gasteiger partial charge in [-0.3, -0.25) is 14.7 Å². The van der Waals surface area contributed by atoms with Crippen LogP contribution in [-0.2, 0) is 6.54 Å². The summed E-state index contributed by atoms with van der Waals surface area (Å²) in [5, 5.41) is 13.3. The van der Waals surface area contributed by atoms with E-state index in [0.29, 0.717) is 13.0 Å². The van der Waals surface area contributed by atoms with Gasteiger partial charge in [0.1, 0.15) is 16.7 Å². The van der Waals surface area contributed by atoms with Crippen molar-refractivity contribution in [1.82, 2.24) is 28.9 Å². The van der Waals surface area contributed by atoms with Crippen molar-refractivity contribution in [3.8, 4) is 0 Å². The average Bonchev–Trinajstić information content (AvgIpc) is 3.12. The molecule has 1 saturated heterocycles. The molecule has 0 aliphatic carbocycles. The van der Waals surface area contributed by atoms with Crippen molar-refractivity contribution in [2.45, 2.75) is 25.1 Å². The Morgan fingerprint density at radius 3 is 3.00 bits per heavy atom. The predicted octanol–water partition coefficient (Wildman–Crippen LogP) is 0.846. The normalized spacial score (nSPS) is 21.0. The molecule has 2 N–H and O–H groups in total. The highest BCUT2D eigenvalue weighted by molar-refractivity contribution is 7.00. The second kappa shape index (κ2) is 7.40. The van der Waals surface area contributed by atoms with Crippen LogP contribution in [0, 0.1) is 0 Å². The Labute approximate surface area is 154 Å². The average molecular weight is 370 g/mol. The minimum absolute atomic E-state index is 0.257. The summed E-state index contributed by atoms with van der Waals surface area (Å²) in [7, 11) is 0. The van der Waals surface area contributed by atoms with Gasteiger partial charge in [-0.15, -0.1) is 0 Å². The molecule has 9 heteroatoms. The van der Waals surface area contributed by atoms with Gasteiger partial charge in [0.05, 0.1) is 30.1 Å². The van der Waals surface area contributed by atoms with Crippen LogP contribution in [0.15, 0.2) is 36.8 Å². The first-order valence-corrected chi connectivity index (χ1v) is 9.10. The third kappa shape index (κ3) is 3.69. The van der Waals surface area contributed by atoms with E-state index in [-0.39, 0.29) is 17.6 Å². The quantitative estimate of drug-likeness (QED) is 0.701. The van der Waals surface area contributed by atoms with Crippen molar-refractivity contribution in [2.24, 2.45) is 0 Å². The molecule has 0 spiro atoms. The fourth-order valence-corrected chi connectivity index (χ4v) is 3.67. The summed E-state index contributed by atoms with van der Waals surface area (Å²) in [6, 6.07) is 5.76. The van der Waals surface area contributed by atoms with Crippen molar-refractivity contribution in [3.63, 3.8) is 0 Å². The number of aliphatic hydroxyl groups is 1. The van der Waals surface area contributed by atoms with E-state index >= 15 is 0 Å². The summed E-state index contributed by atoms with van der Waals surface area (Å²) in [6.07, 6.45) is 4.45. The highest BCUT2D eigenvalue weighted by Crippen LogP contribution is 2.18. The summed E-state index contributed by atoms with van der Waals surface area (Å²) in [5.74, 6) is -0.308. The van der Waals surface area contributed by atoms with Crippen molar-refractivity contribution in [2.75, 3.05) is 13.1 Å². The fraction of sp³-hybridized carbons (Fsp3) is 0.353. The van der Waals surface area contributed by atoms with Gasteiger partial charge in [-0.1, -0.05) is 6.07 Å². The number of carbonyl (C=O) groups is 1. The van der Waals surface area contributed by atoms with Crippen LogP contribution in [0.5, 0.6) is 0 Å². The molecule has 3 aromatic rings. The zero-order chi connectivity index (χ0) is 17.9. The maximum absolute atomic E-state index is 12.2. The number of rotatable bonds is 4. The first-order valence-electron chi connectivity index (χ1n) is 8.37. The molecule has 4 rings (SSSR count). The highest BCUT2D eigenvalue weighted by atomic mass is 32.1. The molecule has 1 aliphatic rings. The number of benzene rings is 1. The first kappa shape index (κ1) is 17.0. The smallest absolute Gasteiger partial charge is 0.271 e. The van der Waals surface area contributed by atoms with Crippen molar-refractivity contribution >= 4 is 28.7 Å². The van der Waals surface area contributed by atoms with E-state index in [9.17, 15) is 9.90 Å². The molecule has 8 nitrogen and oxygen atoms in total. The van der Waals surface area contributed by atoms with Crippen LogP contribution in [0.4, 0.5) is 0 Å². The number of piperidine rings is 1. The van der Waals surface area contributed by atoms with Crippen LogP contribution in [0.25, 0.3) is 11.0 Å². The molecule has 2 aromatic heterocycles. The maximum atomic E-state index is 12.2. The maximum Gasteiger partial charge on any atom is 0.271 e. The predicted molar refractivity (Wildman–Crippen MR) is 96.6 cm³/mol. The largest absolute Gasteiger partial charge is 0.390 e. The molecule has 0 radical (unpaired) electrons. The molecule has 26 heavy (non-hydrogen) atoms. The Kier molecular flexibility index (Phi) is 4.83. The van der Waals surface area contributed by atoms with Gasteiger partial charge in [0.15, 0.2) is 0 Å². The molecular weight excluding hydrogens is 352 g/mol. The van der Waals surface area contributed by atoms with Crippen LogP contribution in [0.2, 0.25) is 0 Å². The zero-order valence-corrected chi connectivity index (χ0v) is 14.8. The van der Waals surface area contributed by atoms with E-state index in [2.05, 4.69) is 28.9 Å². The van der Waals surface area contributed by atoms with E-state index in [4.69, 9.17) is 0 Å². The Bertz CT molecular complexity index is 902. The first-order chi connectivity index (χ1) is 12.7. The molecule has 2 atom stereocenters. The molecule has 0 bridgehead atoms. The SMILES string of the molecule is O=C(N[C@@H]1CCN(Cc2ccc3nsnc3c2)C[C@H]1O)c1cnccn1. The van der Waals surface area contributed by atoms with Crippen LogP contribution >= 0.6 is 11.7 Å². The summed E-state index contributed by atoms with van der Waals surface area (Å²) in [5.41, 5.74) is 3.20. The number of nitrogens with one attached hydrogen (secondary N) is 1. The monoisotopic (exact) mass is 370 g/mol. The van der Waals surface area contributed by atoms with Gasteiger partial charge < -0.3 is 10.4 Å². The molecule has 0 saturated carbocycles. The third-order valence-corrected chi connectivity index (χ3v) is 5.06. The number of hydrogen-bond acceptors (Lipinski definition) is 8. The summed E-state index contributed by atoms with van der Waals surface area (Å²) >= 11 is 1.21. The van der Waals surface area contributed by atoms with Gasteiger partial charge in [0.2, 0.25) is 0 Å². The molecule has 1 aromatic carbocycles. The molecule has 1 fully saturated rings. The number of likely N-dealkylation sites (tertiary alicyclic amines) is 1. The van der Waals surface area contributed by atoms with Gasteiger partial charge >= 0.3 is 0 Å². The van der Waals surface area contributed by atoms with Crippen LogP contribution in [0.1, 0.15) is 22.5 Å². The van der Waals surface area contributed by atoms with Gasteiger partial charge in [0.25, 0.3) is 5.91 Å². The topological polar surface area (TPSA) is 104 Å². The van der Waals surface area contributed by atoms with E-state index in [1.807, 2.05) is 18.2 Å². The standard InChI is InChI=1S/C17H18N6O2S/c24-16-10-23(9-11-1-2-12-14(7-11)22-26-21-12)6-3-13(16)20-17(25)15-8-18-4-5-19-15/h1-2,4-5,7-8,13,16,24H,3,6,9-10H2,(H,20,25)/t13-,16-/m1/s1. The Hall–Kier alpha value is -2.49. The molecule has 3 heterocycles. The minimum Gasteiger partial charge on any atom is -0.390 e. The fourth-order valence-electron chi connectivity index (χ4n) is 3.15. The minimum atomic E-state index is -0.631. The molecule has 134 valence electrons. The number of aliphatic hydroxyl groups excluding tert-OH is 1. The Morgan fingerprint density at radius 1 is 1.31 bits per heavy atom. The third-order valence-electron chi connectivity index (χ3n) is 4.50. The van der Waals surface area contributed by atoms with E-state index in [1.54, 1.807) is 0 Å². The van der Waals surface area contributed by atoms with Crippen molar-refractivity contribution in [3.05, 3.63) is 48.0 Å². The van der Waals surface area contributed by atoms with E-state index < -0.39 is 6.10 Å². The zero-order valence-electron chi connectivity index (χ0n) is 13.9. The summed E-state index contributed by atoms with van der Waals surface area (Å²) < 4.78 is 8.47. The van der Waals surface area contributed by atoms with Crippen LogP contribution < -0.4 is 5.32 Å². The molecular formula is C17H18N6O2S. The summed E-state index contributed by atoms with van der Waals surface area (Å²) in [6.45, 7) is 2.02. The lowest BCUT2D eigenvalue weighted by atomic mass is 10.0. The van der Waals surface area contributed by atoms with Crippen LogP contribution in [0.3, 0.4) is 0 Å². The Morgan fingerprint density at radius 2 is 2.19 bits per heavy atom. The van der Waals surface area contributed by atoms with Gasteiger partial charge in [-0.05, 0) is 24.1 Å². The van der Waals surface area contributed by atoms with Gasteiger partial charge in [-0.2, -0.15) is 8.75 Å². The number of carbonyl (C=O) groups excluding carboxylic acids is 1. The second-order valence-corrected chi connectivity index (χ2v) is 6.88. The molecule has 0 unspecified atom stereocenters. The lowest BCUT2D eigenvalue weighted by Gasteiger charge is -2.36. The lowest BCUT2D eigenvalue weighted by molar-refractivity contribution is 0.0348. The number of β-amino-alcohol motifs (C(OH)–C–C–N with tert-alkyl or cyclic N) is 1.